The summed E-state index contributed by atoms with van der Waals surface area (Å²) in [5.74, 6) is 0.0136. The van der Waals surface area contributed by atoms with E-state index in [4.69, 9.17) is 11.6 Å². The minimum atomic E-state index is -0.161. The van der Waals surface area contributed by atoms with E-state index in [9.17, 15) is 9.59 Å². The third kappa shape index (κ3) is 4.62. The summed E-state index contributed by atoms with van der Waals surface area (Å²) in [6, 6.07) is 7.46. The van der Waals surface area contributed by atoms with Gasteiger partial charge in [0.1, 0.15) is 5.01 Å². The van der Waals surface area contributed by atoms with Crippen molar-refractivity contribution in [2.45, 2.75) is 32.9 Å². The molecule has 1 atom stereocenters. The zero-order valence-electron chi connectivity index (χ0n) is 14.9. The van der Waals surface area contributed by atoms with E-state index in [-0.39, 0.29) is 17.7 Å². The van der Waals surface area contributed by atoms with Crippen LogP contribution in [-0.4, -0.2) is 40.2 Å². The van der Waals surface area contributed by atoms with Crippen LogP contribution >= 0.6 is 22.9 Å². The number of likely N-dealkylation sites (tertiary alicyclic amines) is 1. The van der Waals surface area contributed by atoms with Crippen molar-refractivity contribution in [1.82, 2.24) is 14.8 Å². The van der Waals surface area contributed by atoms with Gasteiger partial charge in [-0.2, -0.15) is 0 Å². The van der Waals surface area contributed by atoms with Crippen molar-refractivity contribution in [2.24, 2.45) is 5.92 Å². The minimum absolute atomic E-state index is 0.0754. The molecule has 0 saturated carbocycles. The van der Waals surface area contributed by atoms with Gasteiger partial charge >= 0.3 is 0 Å². The molecule has 7 heteroatoms. The van der Waals surface area contributed by atoms with Gasteiger partial charge in [0.25, 0.3) is 0 Å². The molecule has 0 unspecified atom stereocenters. The zero-order valence-corrected chi connectivity index (χ0v) is 16.5. The third-order valence-electron chi connectivity index (χ3n) is 4.55. The average molecular weight is 392 g/mol. The summed E-state index contributed by atoms with van der Waals surface area (Å²) in [4.78, 5) is 33.0. The normalized spacial score (nSPS) is 17.4. The Hall–Kier alpha value is -1.92. The number of thiazole rings is 1. The van der Waals surface area contributed by atoms with Crippen molar-refractivity contribution in [2.75, 3.05) is 13.6 Å². The summed E-state index contributed by atoms with van der Waals surface area (Å²) in [5, 5.41) is 3.59. The monoisotopic (exact) mass is 391 g/mol. The van der Waals surface area contributed by atoms with E-state index < -0.39 is 0 Å². The molecular formula is C19H22ClN3O2S. The van der Waals surface area contributed by atoms with Crippen LogP contribution in [0.4, 0.5) is 0 Å². The summed E-state index contributed by atoms with van der Waals surface area (Å²) in [7, 11) is 1.80. The topological polar surface area (TPSA) is 53.5 Å². The number of aromatic nitrogens is 1. The number of hydrogen-bond acceptors (Lipinski definition) is 4. The van der Waals surface area contributed by atoms with Gasteiger partial charge < -0.3 is 9.80 Å². The fourth-order valence-electron chi connectivity index (χ4n) is 3.15. The largest absolute Gasteiger partial charge is 0.339 e. The van der Waals surface area contributed by atoms with E-state index in [0.29, 0.717) is 37.5 Å². The number of carbonyl (C=O) groups is 2. The van der Waals surface area contributed by atoms with Gasteiger partial charge in [-0.3, -0.25) is 9.59 Å². The molecule has 1 aromatic carbocycles. The Kier molecular flexibility index (Phi) is 5.94. The van der Waals surface area contributed by atoms with Crippen molar-refractivity contribution in [3.63, 3.8) is 0 Å². The second kappa shape index (κ2) is 8.18. The Morgan fingerprint density at radius 1 is 1.38 bits per heavy atom. The molecule has 1 aliphatic rings. The molecule has 1 aliphatic heterocycles. The minimum Gasteiger partial charge on any atom is -0.339 e. The van der Waals surface area contributed by atoms with Gasteiger partial charge in [0.05, 0.1) is 12.5 Å². The highest BCUT2D eigenvalue weighted by Gasteiger charge is 2.32. The number of piperidine rings is 1. The van der Waals surface area contributed by atoms with Crippen molar-refractivity contribution in [3.8, 4) is 0 Å². The molecule has 2 heterocycles. The van der Waals surface area contributed by atoms with E-state index in [0.717, 1.165) is 16.3 Å². The molecule has 26 heavy (non-hydrogen) atoms. The van der Waals surface area contributed by atoms with Crippen LogP contribution in [0.2, 0.25) is 5.02 Å². The predicted molar refractivity (Wildman–Crippen MR) is 103 cm³/mol. The molecule has 2 amide bonds. The van der Waals surface area contributed by atoms with Gasteiger partial charge in [-0.1, -0.05) is 23.7 Å². The van der Waals surface area contributed by atoms with Gasteiger partial charge in [-0.25, -0.2) is 4.98 Å². The Bertz CT molecular complexity index is 790. The van der Waals surface area contributed by atoms with Crippen molar-refractivity contribution < 1.29 is 9.59 Å². The first kappa shape index (κ1) is 18.9. The quantitative estimate of drug-likeness (QED) is 0.783. The second-order valence-corrected chi connectivity index (χ2v) is 8.09. The summed E-state index contributed by atoms with van der Waals surface area (Å²) < 4.78 is 0. The van der Waals surface area contributed by atoms with Crippen LogP contribution in [0.15, 0.2) is 29.6 Å². The number of hydrogen-bond donors (Lipinski definition) is 0. The second-order valence-electron chi connectivity index (χ2n) is 6.71. The van der Waals surface area contributed by atoms with Crippen LogP contribution in [0.3, 0.4) is 0 Å². The summed E-state index contributed by atoms with van der Waals surface area (Å²) >= 11 is 7.48. The highest BCUT2D eigenvalue weighted by molar-refractivity contribution is 7.09. The number of rotatable bonds is 5. The molecule has 2 aromatic rings. The first-order valence-corrected chi connectivity index (χ1v) is 9.86. The van der Waals surface area contributed by atoms with Gasteiger partial charge in [0.2, 0.25) is 11.8 Å². The number of carbonyl (C=O) groups excluding carboxylic acids is 2. The lowest BCUT2D eigenvalue weighted by molar-refractivity contribution is -0.143. The highest BCUT2D eigenvalue weighted by Crippen LogP contribution is 2.23. The fraction of sp³-hybridized carbons (Fsp3) is 0.421. The molecule has 138 valence electrons. The lowest BCUT2D eigenvalue weighted by Crippen LogP contribution is -2.45. The van der Waals surface area contributed by atoms with Crippen LogP contribution in [-0.2, 0) is 22.7 Å². The van der Waals surface area contributed by atoms with Crippen LogP contribution < -0.4 is 0 Å². The first-order chi connectivity index (χ1) is 12.4. The van der Waals surface area contributed by atoms with Crippen LogP contribution in [0, 0.1) is 12.8 Å². The van der Waals surface area contributed by atoms with Crippen molar-refractivity contribution in [1.29, 1.82) is 0 Å². The lowest BCUT2D eigenvalue weighted by Gasteiger charge is -2.33. The molecule has 5 nitrogen and oxygen atoms in total. The lowest BCUT2D eigenvalue weighted by atomic mass is 9.95. The molecular weight excluding hydrogens is 370 g/mol. The highest BCUT2D eigenvalue weighted by atomic mass is 35.5. The Morgan fingerprint density at radius 3 is 2.77 bits per heavy atom. The Labute approximate surface area is 162 Å². The van der Waals surface area contributed by atoms with Crippen LogP contribution in [0.1, 0.15) is 29.1 Å². The number of benzene rings is 1. The maximum Gasteiger partial charge on any atom is 0.227 e. The fourth-order valence-corrected chi connectivity index (χ4v) is 4.10. The Morgan fingerprint density at radius 2 is 2.12 bits per heavy atom. The average Bonchev–Trinajstić information content (AvgIpc) is 3.03. The van der Waals surface area contributed by atoms with Crippen molar-refractivity contribution >= 4 is 34.8 Å². The van der Waals surface area contributed by atoms with Crippen molar-refractivity contribution in [3.05, 3.63) is 50.9 Å². The SMILES string of the molecule is Cc1csc(CN(C)C(=O)[C@H]2CCC(=O)N(Cc3ccc(Cl)cc3)C2)n1. The Balaban J connectivity index is 1.61. The predicted octanol–water partition coefficient (Wildman–Crippen LogP) is 3.50. The summed E-state index contributed by atoms with van der Waals surface area (Å²) in [6.45, 7) is 3.43. The third-order valence-corrected chi connectivity index (χ3v) is 5.75. The van der Waals surface area contributed by atoms with Crippen LogP contribution in [0.5, 0.6) is 0 Å². The van der Waals surface area contributed by atoms with Gasteiger partial charge in [0, 0.05) is 42.7 Å². The van der Waals surface area contributed by atoms with E-state index in [1.807, 2.05) is 36.6 Å². The smallest absolute Gasteiger partial charge is 0.227 e. The molecule has 0 bridgehead atoms. The molecule has 0 aliphatic carbocycles. The molecule has 1 aromatic heterocycles. The number of nitrogens with zero attached hydrogens (tertiary/aromatic N) is 3. The maximum atomic E-state index is 12.8. The van der Waals surface area contributed by atoms with Crippen LogP contribution in [0.25, 0.3) is 0 Å². The molecule has 0 N–H and O–H groups in total. The summed E-state index contributed by atoms with van der Waals surface area (Å²) in [5.41, 5.74) is 1.99. The molecule has 1 fully saturated rings. The first-order valence-electron chi connectivity index (χ1n) is 8.60. The number of halogens is 1. The molecule has 0 radical (unpaired) electrons. The number of amides is 2. The van der Waals surface area contributed by atoms with Gasteiger partial charge in [-0.15, -0.1) is 11.3 Å². The standard InChI is InChI=1S/C19H22ClN3O2S/c1-13-12-26-17(21-13)11-22(2)19(25)15-5-8-18(24)23(10-15)9-14-3-6-16(20)7-4-14/h3-4,6-7,12,15H,5,8-11H2,1-2H3/t15-/m0/s1. The molecule has 1 saturated heterocycles. The van der Waals surface area contributed by atoms with E-state index >= 15 is 0 Å². The number of aryl methyl sites for hydroxylation is 1. The molecule has 0 spiro atoms. The zero-order chi connectivity index (χ0) is 18.7. The van der Waals surface area contributed by atoms with Gasteiger partial charge in [0.15, 0.2) is 0 Å². The van der Waals surface area contributed by atoms with E-state index in [1.165, 1.54) is 0 Å². The van der Waals surface area contributed by atoms with E-state index in [2.05, 4.69) is 4.98 Å². The van der Waals surface area contributed by atoms with Gasteiger partial charge in [-0.05, 0) is 31.0 Å². The molecule has 3 rings (SSSR count). The maximum absolute atomic E-state index is 12.8. The summed E-state index contributed by atoms with van der Waals surface area (Å²) in [6.07, 6.45) is 1.02. The van der Waals surface area contributed by atoms with E-state index in [1.54, 1.807) is 28.2 Å².